The van der Waals surface area contributed by atoms with Gasteiger partial charge in [0, 0.05) is 0 Å². The molecule has 1 N–H and O–H groups in total. The molecule has 0 amide bonds. The zero-order valence-electron chi connectivity index (χ0n) is 8.91. The Labute approximate surface area is 103 Å². The Hall–Kier alpha value is -1.25. The molecule has 0 saturated heterocycles. The fourth-order valence-electron chi connectivity index (χ4n) is 0.992. The number of hydrogen-bond donors (Lipinski definition) is 1. The van der Waals surface area contributed by atoms with Crippen molar-refractivity contribution >= 4 is 34.0 Å². The maximum absolute atomic E-state index is 11.3. The first-order chi connectivity index (χ1) is 7.62. The van der Waals surface area contributed by atoms with Crippen molar-refractivity contribution in [3.8, 4) is 12.3 Å². The van der Waals surface area contributed by atoms with Crippen molar-refractivity contribution in [3.63, 3.8) is 0 Å². The Bertz CT molecular complexity index is 425. The summed E-state index contributed by atoms with van der Waals surface area (Å²) < 4.78 is 4.57. The number of rotatable bonds is 4. The second-order valence-corrected chi connectivity index (χ2v) is 4.26. The summed E-state index contributed by atoms with van der Waals surface area (Å²) in [7, 11) is 1.29. The molecule has 0 radical (unpaired) electrons. The molecule has 6 heteroatoms. The van der Waals surface area contributed by atoms with E-state index >= 15 is 0 Å². The van der Waals surface area contributed by atoms with Crippen LogP contribution in [0.3, 0.4) is 0 Å². The van der Waals surface area contributed by atoms with Crippen molar-refractivity contribution < 1.29 is 9.53 Å². The molecule has 1 rings (SSSR count). The third kappa shape index (κ3) is 2.87. The molecule has 0 fully saturated rings. The van der Waals surface area contributed by atoms with Crippen LogP contribution in [-0.4, -0.2) is 24.1 Å². The van der Waals surface area contributed by atoms with Gasteiger partial charge in [0.15, 0.2) is 15.2 Å². The fourth-order valence-corrected chi connectivity index (χ4v) is 2.15. The molecule has 0 aliphatic rings. The molecule has 16 heavy (non-hydrogen) atoms. The van der Waals surface area contributed by atoms with E-state index in [1.165, 1.54) is 7.11 Å². The maximum atomic E-state index is 11.3. The Morgan fingerprint density at radius 3 is 3.00 bits per heavy atom. The average molecular weight is 259 g/mol. The number of halogens is 1. The van der Waals surface area contributed by atoms with Crippen LogP contribution in [0.25, 0.3) is 0 Å². The molecule has 1 unspecified atom stereocenters. The lowest BCUT2D eigenvalue weighted by atomic mass is 10.2. The Balaban J connectivity index is 2.85. The van der Waals surface area contributed by atoms with E-state index in [1.54, 1.807) is 0 Å². The minimum Gasteiger partial charge on any atom is -0.465 e. The van der Waals surface area contributed by atoms with E-state index in [0.717, 1.165) is 17.8 Å². The molecular formula is C10H11ClN2O2S. The van der Waals surface area contributed by atoms with Gasteiger partial charge in [-0.05, 0) is 6.42 Å². The maximum Gasteiger partial charge on any atom is 0.351 e. The molecule has 1 atom stereocenters. The van der Waals surface area contributed by atoms with Crippen molar-refractivity contribution in [1.29, 1.82) is 0 Å². The third-order valence-corrected chi connectivity index (χ3v) is 3.22. The predicted octanol–water partition coefficient (Wildman–Crippen LogP) is 2.41. The molecule has 1 heterocycles. The van der Waals surface area contributed by atoms with Gasteiger partial charge >= 0.3 is 5.97 Å². The highest BCUT2D eigenvalue weighted by Gasteiger charge is 2.18. The van der Waals surface area contributed by atoms with Gasteiger partial charge < -0.3 is 10.1 Å². The van der Waals surface area contributed by atoms with Crippen molar-refractivity contribution in [2.24, 2.45) is 0 Å². The third-order valence-electron chi connectivity index (χ3n) is 1.86. The quantitative estimate of drug-likeness (QED) is 0.666. The standard InChI is InChI=1S/C10H11ClN2O2S/c1-4-6(5-2)12-10-13-8(11)7(16-10)9(14)15-3/h1,6H,5H2,2-3H3,(H,12,13). The first-order valence-corrected chi connectivity index (χ1v) is 5.79. The van der Waals surface area contributed by atoms with E-state index in [1.807, 2.05) is 6.92 Å². The molecule has 4 nitrogen and oxygen atoms in total. The van der Waals surface area contributed by atoms with E-state index < -0.39 is 5.97 Å². The van der Waals surface area contributed by atoms with Gasteiger partial charge in [0.2, 0.25) is 0 Å². The molecule has 0 aliphatic heterocycles. The number of thiazole rings is 1. The molecule has 0 bridgehead atoms. The lowest BCUT2D eigenvalue weighted by molar-refractivity contribution is 0.0606. The summed E-state index contributed by atoms with van der Waals surface area (Å²) in [5.41, 5.74) is 0. The van der Waals surface area contributed by atoms with Crippen LogP contribution in [0, 0.1) is 12.3 Å². The van der Waals surface area contributed by atoms with Crippen molar-refractivity contribution in [3.05, 3.63) is 10.0 Å². The number of carbonyl (C=O) groups excluding carboxylic acids is 1. The highest BCUT2D eigenvalue weighted by atomic mass is 35.5. The van der Waals surface area contributed by atoms with Gasteiger partial charge in [0.25, 0.3) is 0 Å². The van der Waals surface area contributed by atoms with Crippen LogP contribution in [0.15, 0.2) is 0 Å². The van der Waals surface area contributed by atoms with Crippen LogP contribution in [0.2, 0.25) is 5.15 Å². The zero-order chi connectivity index (χ0) is 12.1. The van der Waals surface area contributed by atoms with Crippen molar-refractivity contribution in [2.75, 3.05) is 12.4 Å². The SMILES string of the molecule is C#CC(CC)Nc1nc(Cl)c(C(=O)OC)s1. The zero-order valence-corrected chi connectivity index (χ0v) is 10.5. The summed E-state index contributed by atoms with van der Waals surface area (Å²) in [5, 5.41) is 3.65. The van der Waals surface area contributed by atoms with Crippen LogP contribution in [0.4, 0.5) is 5.13 Å². The number of ether oxygens (including phenoxy) is 1. The molecule has 86 valence electrons. The van der Waals surface area contributed by atoms with Crippen LogP contribution in [-0.2, 0) is 4.74 Å². The molecule has 1 aromatic rings. The molecule has 1 aromatic heterocycles. The van der Waals surface area contributed by atoms with Crippen LogP contribution in [0.1, 0.15) is 23.0 Å². The average Bonchev–Trinajstić information content (AvgIpc) is 2.66. The van der Waals surface area contributed by atoms with E-state index in [0.29, 0.717) is 5.13 Å². The first-order valence-electron chi connectivity index (χ1n) is 4.59. The lowest BCUT2D eigenvalue weighted by Crippen LogP contribution is -2.15. The normalized spacial score (nSPS) is 11.6. The second kappa shape index (κ2) is 5.73. The molecule has 0 aromatic carbocycles. The largest absolute Gasteiger partial charge is 0.465 e. The highest BCUT2D eigenvalue weighted by Crippen LogP contribution is 2.28. The summed E-state index contributed by atoms with van der Waals surface area (Å²) >= 11 is 6.92. The molecule has 0 spiro atoms. The summed E-state index contributed by atoms with van der Waals surface area (Å²) in [6.45, 7) is 1.95. The second-order valence-electron chi connectivity index (χ2n) is 2.90. The fraction of sp³-hybridized carbons (Fsp3) is 0.400. The minimum absolute atomic E-state index is 0.118. The van der Waals surface area contributed by atoms with Crippen LogP contribution in [0.5, 0.6) is 0 Å². The molecule has 0 saturated carbocycles. The van der Waals surface area contributed by atoms with Crippen molar-refractivity contribution in [1.82, 2.24) is 4.98 Å². The summed E-state index contributed by atoms with van der Waals surface area (Å²) in [6.07, 6.45) is 6.07. The summed E-state index contributed by atoms with van der Waals surface area (Å²) in [4.78, 5) is 15.5. The number of nitrogens with zero attached hydrogens (tertiary/aromatic N) is 1. The number of anilines is 1. The Kier molecular flexibility index (Phi) is 4.59. The van der Waals surface area contributed by atoms with E-state index in [4.69, 9.17) is 18.0 Å². The predicted molar refractivity (Wildman–Crippen MR) is 65.0 cm³/mol. The topological polar surface area (TPSA) is 51.2 Å². The van der Waals surface area contributed by atoms with Crippen LogP contribution < -0.4 is 5.32 Å². The van der Waals surface area contributed by atoms with Crippen LogP contribution >= 0.6 is 22.9 Å². The van der Waals surface area contributed by atoms with Gasteiger partial charge in [-0.15, -0.1) is 6.42 Å². The number of methoxy groups -OCH3 is 1. The number of carbonyl (C=O) groups is 1. The number of nitrogens with one attached hydrogen (secondary N) is 1. The van der Waals surface area contributed by atoms with Gasteiger partial charge in [-0.2, -0.15) is 0 Å². The Morgan fingerprint density at radius 2 is 2.50 bits per heavy atom. The molecule has 0 aliphatic carbocycles. The number of terminal acetylenes is 1. The number of aromatic nitrogens is 1. The van der Waals surface area contributed by atoms with E-state index in [-0.39, 0.29) is 16.1 Å². The number of esters is 1. The summed E-state index contributed by atoms with van der Waals surface area (Å²) in [6, 6.07) is -0.118. The van der Waals surface area contributed by atoms with Gasteiger partial charge in [-0.1, -0.05) is 35.8 Å². The minimum atomic E-state index is -0.496. The molecular weight excluding hydrogens is 248 g/mol. The summed E-state index contributed by atoms with van der Waals surface area (Å²) in [5.74, 6) is 2.07. The van der Waals surface area contributed by atoms with Gasteiger partial charge in [-0.25, -0.2) is 9.78 Å². The van der Waals surface area contributed by atoms with Crippen molar-refractivity contribution in [2.45, 2.75) is 19.4 Å². The van der Waals surface area contributed by atoms with E-state index in [9.17, 15) is 4.79 Å². The highest BCUT2D eigenvalue weighted by molar-refractivity contribution is 7.18. The van der Waals surface area contributed by atoms with E-state index in [2.05, 4.69) is 21.0 Å². The Morgan fingerprint density at radius 1 is 1.81 bits per heavy atom. The van der Waals surface area contributed by atoms with Gasteiger partial charge in [-0.3, -0.25) is 0 Å². The van der Waals surface area contributed by atoms with Gasteiger partial charge in [0.1, 0.15) is 0 Å². The lowest BCUT2D eigenvalue weighted by Gasteiger charge is -2.07. The number of hydrogen-bond acceptors (Lipinski definition) is 5. The smallest absolute Gasteiger partial charge is 0.351 e. The first kappa shape index (κ1) is 12.8. The van der Waals surface area contributed by atoms with Gasteiger partial charge in [0.05, 0.1) is 13.2 Å². The monoisotopic (exact) mass is 258 g/mol.